The predicted octanol–water partition coefficient (Wildman–Crippen LogP) is 1.93. The molecule has 1 amide bonds. The molecule has 92 valence electrons. The van der Waals surface area contributed by atoms with Crippen molar-refractivity contribution >= 4 is 11.6 Å². The molecule has 1 aliphatic heterocycles. The van der Waals surface area contributed by atoms with E-state index in [0.717, 1.165) is 12.1 Å². The molecule has 1 fully saturated rings. The van der Waals surface area contributed by atoms with Crippen LogP contribution in [0.4, 0.5) is 10.1 Å². The maximum absolute atomic E-state index is 13.1. The highest BCUT2D eigenvalue weighted by Crippen LogP contribution is 2.21. The SMILES string of the molecule is Cc1ccc(F)cc1NC(=O)C1CNCC1C. The summed E-state index contributed by atoms with van der Waals surface area (Å²) in [5.41, 5.74) is 1.44. The summed E-state index contributed by atoms with van der Waals surface area (Å²) in [6, 6.07) is 4.42. The fourth-order valence-corrected chi connectivity index (χ4v) is 2.12. The number of carbonyl (C=O) groups is 1. The van der Waals surface area contributed by atoms with Crippen molar-refractivity contribution in [1.29, 1.82) is 0 Å². The van der Waals surface area contributed by atoms with E-state index in [2.05, 4.69) is 10.6 Å². The molecular formula is C13H17FN2O. The number of halogens is 1. The third-order valence-electron chi connectivity index (χ3n) is 3.31. The Balaban J connectivity index is 2.10. The van der Waals surface area contributed by atoms with Crippen LogP contribution in [0.15, 0.2) is 18.2 Å². The van der Waals surface area contributed by atoms with Crippen molar-refractivity contribution in [3.05, 3.63) is 29.6 Å². The van der Waals surface area contributed by atoms with Gasteiger partial charge in [0, 0.05) is 12.2 Å². The van der Waals surface area contributed by atoms with E-state index in [4.69, 9.17) is 0 Å². The summed E-state index contributed by atoms with van der Waals surface area (Å²) in [4.78, 5) is 12.0. The highest BCUT2D eigenvalue weighted by molar-refractivity contribution is 5.93. The molecule has 0 aromatic heterocycles. The average Bonchev–Trinajstić information content (AvgIpc) is 2.70. The molecule has 0 bridgehead atoms. The third kappa shape index (κ3) is 2.64. The van der Waals surface area contributed by atoms with Crippen LogP contribution in [0, 0.1) is 24.6 Å². The molecule has 3 nitrogen and oxygen atoms in total. The van der Waals surface area contributed by atoms with Crippen molar-refractivity contribution in [2.24, 2.45) is 11.8 Å². The van der Waals surface area contributed by atoms with E-state index in [1.165, 1.54) is 12.1 Å². The highest BCUT2D eigenvalue weighted by atomic mass is 19.1. The zero-order valence-corrected chi connectivity index (χ0v) is 10.1. The maximum atomic E-state index is 13.1. The lowest BCUT2D eigenvalue weighted by molar-refractivity contribution is -0.120. The third-order valence-corrected chi connectivity index (χ3v) is 3.31. The largest absolute Gasteiger partial charge is 0.325 e. The summed E-state index contributed by atoms with van der Waals surface area (Å²) in [6.45, 7) is 5.45. The number of nitrogens with one attached hydrogen (secondary N) is 2. The molecule has 1 saturated heterocycles. The molecule has 1 aliphatic rings. The van der Waals surface area contributed by atoms with Crippen molar-refractivity contribution < 1.29 is 9.18 Å². The summed E-state index contributed by atoms with van der Waals surface area (Å²) in [5, 5.41) is 5.98. The second-order valence-electron chi connectivity index (χ2n) is 4.69. The van der Waals surface area contributed by atoms with E-state index in [0.29, 0.717) is 18.2 Å². The Morgan fingerprint density at radius 3 is 2.88 bits per heavy atom. The minimum absolute atomic E-state index is 0.0299. The van der Waals surface area contributed by atoms with Gasteiger partial charge in [0.1, 0.15) is 5.82 Å². The monoisotopic (exact) mass is 236 g/mol. The summed E-state index contributed by atoms with van der Waals surface area (Å²) < 4.78 is 13.1. The molecule has 0 spiro atoms. The lowest BCUT2D eigenvalue weighted by Gasteiger charge is -2.15. The van der Waals surface area contributed by atoms with Gasteiger partial charge in [0.25, 0.3) is 0 Å². The van der Waals surface area contributed by atoms with Gasteiger partial charge >= 0.3 is 0 Å². The normalized spacial score (nSPS) is 23.7. The summed E-state index contributed by atoms with van der Waals surface area (Å²) in [5.74, 6) is -0.0683. The van der Waals surface area contributed by atoms with Crippen molar-refractivity contribution in [1.82, 2.24) is 5.32 Å². The van der Waals surface area contributed by atoms with E-state index in [1.54, 1.807) is 6.07 Å². The molecule has 1 aromatic rings. The molecule has 17 heavy (non-hydrogen) atoms. The molecule has 2 rings (SSSR count). The zero-order chi connectivity index (χ0) is 12.4. The Morgan fingerprint density at radius 1 is 1.47 bits per heavy atom. The van der Waals surface area contributed by atoms with Gasteiger partial charge in [-0.3, -0.25) is 4.79 Å². The number of benzene rings is 1. The number of hydrogen-bond acceptors (Lipinski definition) is 2. The van der Waals surface area contributed by atoms with Crippen LogP contribution in [0.3, 0.4) is 0 Å². The van der Waals surface area contributed by atoms with Gasteiger partial charge < -0.3 is 10.6 Å². The van der Waals surface area contributed by atoms with Gasteiger partial charge in [-0.25, -0.2) is 4.39 Å². The lowest BCUT2D eigenvalue weighted by atomic mass is 9.97. The van der Waals surface area contributed by atoms with Gasteiger partial charge in [0.05, 0.1) is 5.92 Å². The first-order valence-electron chi connectivity index (χ1n) is 5.85. The first kappa shape index (κ1) is 12.0. The van der Waals surface area contributed by atoms with E-state index >= 15 is 0 Å². The minimum Gasteiger partial charge on any atom is -0.325 e. The van der Waals surface area contributed by atoms with Gasteiger partial charge in [-0.1, -0.05) is 13.0 Å². The highest BCUT2D eigenvalue weighted by Gasteiger charge is 2.29. The van der Waals surface area contributed by atoms with Crippen LogP contribution in [-0.4, -0.2) is 19.0 Å². The smallest absolute Gasteiger partial charge is 0.229 e. The number of aryl methyl sites for hydroxylation is 1. The molecule has 2 unspecified atom stereocenters. The molecule has 1 aromatic carbocycles. The molecule has 2 N–H and O–H groups in total. The summed E-state index contributed by atoms with van der Waals surface area (Å²) in [6.07, 6.45) is 0. The predicted molar refractivity (Wildman–Crippen MR) is 65.3 cm³/mol. The zero-order valence-electron chi connectivity index (χ0n) is 10.1. The van der Waals surface area contributed by atoms with E-state index in [9.17, 15) is 9.18 Å². The van der Waals surface area contributed by atoms with Crippen LogP contribution in [0.25, 0.3) is 0 Å². The average molecular weight is 236 g/mol. The van der Waals surface area contributed by atoms with Gasteiger partial charge in [0.15, 0.2) is 0 Å². The standard InChI is InChI=1S/C13H17FN2O/c1-8-3-4-10(14)5-12(8)16-13(17)11-7-15-6-9(11)2/h3-5,9,11,15H,6-7H2,1-2H3,(H,16,17). The van der Waals surface area contributed by atoms with Crippen LogP contribution in [-0.2, 0) is 4.79 Å². The van der Waals surface area contributed by atoms with Crippen LogP contribution in [0.5, 0.6) is 0 Å². The van der Waals surface area contributed by atoms with Crippen molar-refractivity contribution in [2.75, 3.05) is 18.4 Å². The quantitative estimate of drug-likeness (QED) is 0.823. The minimum atomic E-state index is -0.330. The molecule has 0 radical (unpaired) electrons. The number of amides is 1. The Hall–Kier alpha value is -1.42. The number of anilines is 1. The first-order chi connectivity index (χ1) is 8.08. The summed E-state index contributed by atoms with van der Waals surface area (Å²) in [7, 11) is 0. The van der Waals surface area contributed by atoms with Crippen LogP contribution in [0.2, 0.25) is 0 Å². The van der Waals surface area contributed by atoms with Crippen molar-refractivity contribution in [3.63, 3.8) is 0 Å². The fraction of sp³-hybridized carbons (Fsp3) is 0.462. The Bertz CT molecular complexity index is 433. The second kappa shape index (κ2) is 4.84. The van der Waals surface area contributed by atoms with E-state index in [1.807, 2.05) is 13.8 Å². The van der Waals surface area contributed by atoms with Gasteiger partial charge in [-0.05, 0) is 37.1 Å². The Morgan fingerprint density at radius 2 is 2.24 bits per heavy atom. The van der Waals surface area contributed by atoms with Crippen LogP contribution < -0.4 is 10.6 Å². The van der Waals surface area contributed by atoms with Gasteiger partial charge in [0.2, 0.25) is 5.91 Å². The molecule has 0 saturated carbocycles. The molecule has 4 heteroatoms. The molecule has 1 heterocycles. The molecule has 2 atom stereocenters. The number of rotatable bonds is 2. The molecular weight excluding hydrogens is 219 g/mol. The lowest BCUT2D eigenvalue weighted by Crippen LogP contribution is -2.28. The number of carbonyl (C=O) groups excluding carboxylic acids is 1. The second-order valence-corrected chi connectivity index (χ2v) is 4.69. The summed E-state index contributed by atoms with van der Waals surface area (Å²) >= 11 is 0. The van der Waals surface area contributed by atoms with Gasteiger partial charge in [-0.2, -0.15) is 0 Å². The van der Waals surface area contributed by atoms with Crippen LogP contribution in [0.1, 0.15) is 12.5 Å². The van der Waals surface area contributed by atoms with E-state index in [-0.39, 0.29) is 17.6 Å². The Kier molecular flexibility index (Phi) is 3.43. The fourth-order valence-electron chi connectivity index (χ4n) is 2.12. The van der Waals surface area contributed by atoms with Crippen molar-refractivity contribution in [2.45, 2.75) is 13.8 Å². The first-order valence-corrected chi connectivity index (χ1v) is 5.85. The molecule has 0 aliphatic carbocycles. The van der Waals surface area contributed by atoms with E-state index < -0.39 is 0 Å². The van der Waals surface area contributed by atoms with Crippen LogP contribution >= 0.6 is 0 Å². The van der Waals surface area contributed by atoms with Crippen molar-refractivity contribution in [3.8, 4) is 0 Å². The topological polar surface area (TPSA) is 41.1 Å². The van der Waals surface area contributed by atoms with Gasteiger partial charge in [-0.15, -0.1) is 0 Å². The maximum Gasteiger partial charge on any atom is 0.229 e. The number of hydrogen-bond donors (Lipinski definition) is 2. The Labute approximate surface area is 100 Å².